The van der Waals surface area contributed by atoms with E-state index in [9.17, 15) is 9.59 Å². The Morgan fingerprint density at radius 2 is 1.97 bits per heavy atom. The van der Waals surface area contributed by atoms with Gasteiger partial charge in [0.2, 0.25) is 5.91 Å². The molecule has 1 unspecified atom stereocenters. The lowest BCUT2D eigenvalue weighted by molar-refractivity contribution is -0.117. The third kappa shape index (κ3) is 4.89. The number of nitrogens with one attached hydrogen (secondary N) is 1. The zero-order valence-electron chi connectivity index (χ0n) is 19.4. The van der Waals surface area contributed by atoms with Crippen LogP contribution in [0.2, 0.25) is 0 Å². The second-order valence-electron chi connectivity index (χ2n) is 9.60. The van der Waals surface area contributed by atoms with Gasteiger partial charge in [-0.2, -0.15) is 0 Å². The van der Waals surface area contributed by atoms with Gasteiger partial charge in [-0.25, -0.2) is 4.79 Å². The van der Waals surface area contributed by atoms with Gasteiger partial charge in [0.15, 0.2) is 0 Å². The first-order chi connectivity index (χ1) is 15.1. The van der Waals surface area contributed by atoms with E-state index in [0.29, 0.717) is 30.3 Å². The summed E-state index contributed by atoms with van der Waals surface area (Å²) in [5, 5.41) is 7.06. The lowest BCUT2D eigenvalue weighted by Crippen LogP contribution is -2.55. The number of likely N-dealkylation sites (tertiary alicyclic amines) is 1. The van der Waals surface area contributed by atoms with Gasteiger partial charge in [0.1, 0.15) is 23.7 Å². The average molecular weight is 442 g/mol. The lowest BCUT2D eigenvalue weighted by Gasteiger charge is -2.41. The second kappa shape index (κ2) is 8.48. The Bertz CT molecular complexity index is 1000. The van der Waals surface area contributed by atoms with Crippen LogP contribution in [0.4, 0.5) is 10.5 Å². The first kappa shape index (κ1) is 22.2. The van der Waals surface area contributed by atoms with E-state index in [0.717, 1.165) is 36.1 Å². The Kier molecular flexibility index (Phi) is 5.88. The van der Waals surface area contributed by atoms with Crippen molar-refractivity contribution >= 4 is 17.7 Å². The SMILES string of the molecule is Cc1noc(C)c1-c1cc(NC(=O)C2CC2)ccc1OCC1CCN1C(=O)OC(C)(C)C. The molecule has 0 radical (unpaired) electrons. The molecule has 1 saturated heterocycles. The Balaban J connectivity index is 1.51. The predicted octanol–water partition coefficient (Wildman–Crippen LogP) is 4.70. The van der Waals surface area contributed by atoms with Crippen molar-refractivity contribution < 1.29 is 23.6 Å². The molecule has 2 fully saturated rings. The predicted molar refractivity (Wildman–Crippen MR) is 120 cm³/mol. The molecule has 1 aromatic heterocycles. The lowest BCUT2D eigenvalue weighted by atomic mass is 10.0. The number of carbonyl (C=O) groups excluding carboxylic acids is 2. The zero-order chi connectivity index (χ0) is 23.0. The monoisotopic (exact) mass is 441 g/mol. The molecule has 32 heavy (non-hydrogen) atoms. The highest BCUT2D eigenvalue weighted by atomic mass is 16.6. The number of nitrogens with zero attached hydrogens (tertiary/aromatic N) is 2. The number of hydrogen-bond donors (Lipinski definition) is 1. The van der Waals surface area contributed by atoms with Crippen molar-refractivity contribution in [3.8, 4) is 16.9 Å². The molecule has 0 spiro atoms. The number of amides is 2. The van der Waals surface area contributed by atoms with E-state index in [1.54, 1.807) is 4.90 Å². The first-order valence-corrected chi connectivity index (χ1v) is 11.1. The third-order valence-corrected chi connectivity index (χ3v) is 5.70. The number of anilines is 1. The van der Waals surface area contributed by atoms with Crippen molar-refractivity contribution in [2.24, 2.45) is 5.92 Å². The summed E-state index contributed by atoms with van der Waals surface area (Å²) in [6.45, 7) is 10.3. The molecular weight excluding hydrogens is 410 g/mol. The van der Waals surface area contributed by atoms with Crippen molar-refractivity contribution in [1.29, 1.82) is 0 Å². The molecule has 4 rings (SSSR count). The number of hydrogen-bond acceptors (Lipinski definition) is 6. The summed E-state index contributed by atoms with van der Waals surface area (Å²) in [5.41, 5.74) is 2.58. The van der Waals surface area contributed by atoms with Gasteiger partial charge >= 0.3 is 6.09 Å². The van der Waals surface area contributed by atoms with E-state index in [1.807, 2.05) is 52.8 Å². The molecule has 2 amide bonds. The summed E-state index contributed by atoms with van der Waals surface area (Å²) < 4.78 is 17.0. The molecule has 172 valence electrons. The molecule has 1 atom stereocenters. The van der Waals surface area contributed by atoms with E-state index in [2.05, 4.69) is 10.5 Å². The van der Waals surface area contributed by atoms with Gasteiger partial charge in [0.05, 0.1) is 17.3 Å². The van der Waals surface area contributed by atoms with Crippen LogP contribution in [-0.4, -0.2) is 46.9 Å². The molecule has 0 bridgehead atoms. The average Bonchev–Trinajstić information content (AvgIpc) is 3.46. The highest BCUT2D eigenvalue weighted by Gasteiger charge is 2.36. The van der Waals surface area contributed by atoms with Gasteiger partial charge in [-0.15, -0.1) is 0 Å². The maximum absolute atomic E-state index is 12.4. The number of carbonyl (C=O) groups is 2. The maximum Gasteiger partial charge on any atom is 0.410 e. The fraction of sp³-hybridized carbons (Fsp3) is 0.542. The Morgan fingerprint density at radius 3 is 2.53 bits per heavy atom. The fourth-order valence-corrected chi connectivity index (χ4v) is 3.75. The van der Waals surface area contributed by atoms with Crippen LogP contribution in [0.15, 0.2) is 22.7 Å². The molecule has 2 aromatic rings. The number of rotatable bonds is 6. The van der Waals surface area contributed by atoms with Gasteiger partial charge in [0.25, 0.3) is 0 Å². The smallest absolute Gasteiger partial charge is 0.410 e. The zero-order valence-corrected chi connectivity index (χ0v) is 19.4. The molecule has 1 saturated carbocycles. The van der Waals surface area contributed by atoms with Crippen LogP contribution < -0.4 is 10.1 Å². The normalized spacial score (nSPS) is 18.2. The first-order valence-electron chi connectivity index (χ1n) is 11.1. The van der Waals surface area contributed by atoms with Crippen molar-refractivity contribution in [2.45, 2.75) is 65.5 Å². The van der Waals surface area contributed by atoms with Gasteiger partial charge in [-0.1, -0.05) is 5.16 Å². The summed E-state index contributed by atoms with van der Waals surface area (Å²) in [5.74, 6) is 1.49. The largest absolute Gasteiger partial charge is 0.491 e. The van der Waals surface area contributed by atoms with E-state index in [4.69, 9.17) is 14.0 Å². The summed E-state index contributed by atoms with van der Waals surface area (Å²) in [6, 6.07) is 5.54. The maximum atomic E-state index is 12.4. The molecule has 2 aliphatic rings. The van der Waals surface area contributed by atoms with Crippen molar-refractivity contribution in [3.05, 3.63) is 29.7 Å². The van der Waals surface area contributed by atoms with Gasteiger partial charge in [0, 0.05) is 23.7 Å². The Morgan fingerprint density at radius 1 is 1.22 bits per heavy atom. The summed E-state index contributed by atoms with van der Waals surface area (Å²) in [6.07, 6.45) is 2.43. The molecule has 1 aromatic carbocycles. The molecule has 2 heterocycles. The standard InChI is InChI=1S/C24H31N3O5/c1-14-21(15(2)32-26-14)19-12-17(25-22(28)16-6-7-16)8-9-20(19)30-13-18-10-11-27(18)23(29)31-24(3,4)5/h8-9,12,16,18H,6-7,10-11,13H2,1-5H3,(H,25,28). The fourth-order valence-electron chi connectivity index (χ4n) is 3.75. The molecule has 8 heteroatoms. The summed E-state index contributed by atoms with van der Waals surface area (Å²) >= 11 is 0. The van der Waals surface area contributed by atoms with Crippen molar-refractivity contribution in [3.63, 3.8) is 0 Å². The van der Waals surface area contributed by atoms with E-state index in [1.165, 1.54) is 0 Å². The quantitative estimate of drug-likeness (QED) is 0.699. The molecule has 1 aliphatic heterocycles. The molecule has 8 nitrogen and oxygen atoms in total. The summed E-state index contributed by atoms with van der Waals surface area (Å²) in [4.78, 5) is 26.3. The minimum atomic E-state index is -0.532. The Labute approximate surface area is 188 Å². The van der Waals surface area contributed by atoms with Gasteiger partial charge < -0.3 is 24.2 Å². The number of aromatic nitrogens is 1. The number of benzene rings is 1. The van der Waals surface area contributed by atoms with Gasteiger partial charge in [-0.3, -0.25) is 4.79 Å². The highest BCUT2D eigenvalue weighted by Crippen LogP contribution is 2.38. The van der Waals surface area contributed by atoms with Gasteiger partial charge in [-0.05, 0) is 72.1 Å². The van der Waals surface area contributed by atoms with E-state index in [-0.39, 0.29) is 24.0 Å². The minimum absolute atomic E-state index is 0.0448. The molecular formula is C24H31N3O5. The Hall–Kier alpha value is -3.03. The summed E-state index contributed by atoms with van der Waals surface area (Å²) in [7, 11) is 0. The highest BCUT2D eigenvalue weighted by molar-refractivity contribution is 5.95. The van der Waals surface area contributed by atoms with Crippen molar-refractivity contribution in [2.75, 3.05) is 18.5 Å². The van der Waals surface area contributed by atoms with E-state index < -0.39 is 5.60 Å². The van der Waals surface area contributed by atoms with Crippen molar-refractivity contribution in [1.82, 2.24) is 10.1 Å². The van der Waals surface area contributed by atoms with Crippen LogP contribution >= 0.6 is 0 Å². The molecule has 1 aliphatic carbocycles. The van der Waals surface area contributed by atoms with E-state index >= 15 is 0 Å². The van der Waals surface area contributed by atoms with Crippen LogP contribution in [0.25, 0.3) is 11.1 Å². The van der Waals surface area contributed by atoms with Crippen LogP contribution in [0, 0.1) is 19.8 Å². The minimum Gasteiger partial charge on any atom is -0.491 e. The number of ether oxygens (including phenoxy) is 2. The van der Waals surface area contributed by atoms with Crippen LogP contribution in [0.3, 0.4) is 0 Å². The van der Waals surface area contributed by atoms with Crippen LogP contribution in [0.1, 0.15) is 51.5 Å². The number of aryl methyl sites for hydroxylation is 2. The third-order valence-electron chi connectivity index (χ3n) is 5.70. The molecule has 1 N–H and O–H groups in total. The topological polar surface area (TPSA) is 93.9 Å². The second-order valence-corrected chi connectivity index (χ2v) is 9.60. The van der Waals surface area contributed by atoms with Crippen LogP contribution in [0.5, 0.6) is 5.75 Å². The van der Waals surface area contributed by atoms with Crippen LogP contribution in [-0.2, 0) is 9.53 Å².